The van der Waals surface area contributed by atoms with Gasteiger partial charge in [0, 0.05) is 43.3 Å². The summed E-state index contributed by atoms with van der Waals surface area (Å²) in [7, 11) is 0. The fourth-order valence-corrected chi connectivity index (χ4v) is 3.62. The maximum absolute atomic E-state index is 13.5. The standard InChI is InChI=1S/C22H31FN6O2.HI/c1-4-22(3)19(30)29(21(31)28-22)12-6-10-25-20(24-5-2)26-11-9-15-14-27-18-8-7-16(23)13-17(15)18;/h7-8,13-14,27H,4-6,9-12H2,1-3H3,(H,28,31)(H2,24,25,26);1H. The van der Waals surface area contributed by atoms with E-state index in [2.05, 4.69) is 25.9 Å². The van der Waals surface area contributed by atoms with Crippen molar-refractivity contribution in [3.8, 4) is 0 Å². The monoisotopic (exact) mass is 558 g/mol. The van der Waals surface area contributed by atoms with E-state index in [1.165, 1.54) is 11.0 Å². The zero-order valence-corrected chi connectivity index (χ0v) is 21.1. The fraction of sp³-hybridized carbons (Fsp3) is 0.500. The molecule has 1 unspecified atom stereocenters. The number of benzene rings is 1. The Morgan fingerprint density at radius 1 is 1.25 bits per heavy atom. The molecule has 1 atom stereocenters. The smallest absolute Gasteiger partial charge is 0.325 e. The molecule has 1 fully saturated rings. The molecule has 0 radical (unpaired) electrons. The van der Waals surface area contributed by atoms with Crippen LogP contribution in [0.1, 0.15) is 39.2 Å². The number of hydrogen-bond acceptors (Lipinski definition) is 3. The number of guanidine groups is 1. The molecule has 4 N–H and O–H groups in total. The SMILES string of the molecule is CCNC(=NCCCN1C(=O)NC(C)(CC)C1=O)NCCc1c[nH]c2ccc(F)cc12.I. The molecule has 8 nitrogen and oxygen atoms in total. The summed E-state index contributed by atoms with van der Waals surface area (Å²) in [6.45, 7) is 7.78. The Morgan fingerprint density at radius 2 is 2.03 bits per heavy atom. The van der Waals surface area contributed by atoms with Crippen LogP contribution in [-0.4, -0.2) is 59.5 Å². The number of aromatic nitrogens is 1. The van der Waals surface area contributed by atoms with Crippen LogP contribution >= 0.6 is 24.0 Å². The molecule has 1 aliphatic rings. The number of carbonyl (C=O) groups is 2. The normalized spacial score (nSPS) is 18.6. The number of aromatic amines is 1. The number of urea groups is 1. The van der Waals surface area contributed by atoms with Gasteiger partial charge in [0.25, 0.3) is 5.91 Å². The van der Waals surface area contributed by atoms with E-state index in [9.17, 15) is 14.0 Å². The number of halogens is 2. The third-order valence-electron chi connectivity index (χ3n) is 5.62. The van der Waals surface area contributed by atoms with Crippen LogP contribution in [0.25, 0.3) is 10.9 Å². The van der Waals surface area contributed by atoms with Crippen LogP contribution in [0, 0.1) is 5.82 Å². The maximum atomic E-state index is 13.5. The highest BCUT2D eigenvalue weighted by Crippen LogP contribution is 2.21. The Labute approximate surface area is 204 Å². The third kappa shape index (κ3) is 5.90. The summed E-state index contributed by atoms with van der Waals surface area (Å²) in [4.78, 5) is 33.5. The quantitative estimate of drug-likeness (QED) is 0.125. The Balaban J connectivity index is 0.00000363. The molecule has 1 saturated heterocycles. The van der Waals surface area contributed by atoms with Gasteiger partial charge < -0.3 is 20.9 Å². The van der Waals surface area contributed by atoms with Crippen molar-refractivity contribution in [1.29, 1.82) is 0 Å². The third-order valence-corrected chi connectivity index (χ3v) is 5.62. The van der Waals surface area contributed by atoms with Gasteiger partial charge in [-0.2, -0.15) is 0 Å². The van der Waals surface area contributed by atoms with Gasteiger partial charge in [-0.25, -0.2) is 9.18 Å². The highest BCUT2D eigenvalue weighted by molar-refractivity contribution is 14.0. The summed E-state index contributed by atoms with van der Waals surface area (Å²) in [6, 6.07) is 4.39. The minimum absolute atomic E-state index is 0. The van der Waals surface area contributed by atoms with Gasteiger partial charge in [0.2, 0.25) is 0 Å². The predicted molar refractivity (Wildman–Crippen MR) is 135 cm³/mol. The number of nitrogens with zero attached hydrogens (tertiary/aromatic N) is 2. The van der Waals surface area contributed by atoms with Gasteiger partial charge in [-0.3, -0.25) is 14.7 Å². The lowest BCUT2D eigenvalue weighted by atomic mass is 9.99. The number of hydrogen-bond donors (Lipinski definition) is 4. The van der Waals surface area contributed by atoms with Crippen LogP contribution in [-0.2, 0) is 11.2 Å². The molecule has 32 heavy (non-hydrogen) atoms. The van der Waals surface area contributed by atoms with E-state index in [-0.39, 0.29) is 41.7 Å². The first kappa shape index (κ1) is 25.9. The van der Waals surface area contributed by atoms with Gasteiger partial charge in [0.15, 0.2) is 5.96 Å². The van der Waals surface area contributed by atoms with Crippen LogP contribution in [0.4, 0.5) is 9.18 Å². The number of H-pyrrole nitrogens is 1. The molecule has 3 amide bonds. The van der Waals surface area contributed by atoms with Crippen molar-refractivity contribution in [1.82, 2.24) is 25.8 Å². The summed E-state index contributed by atoms with van der Waals surface area (Å²) >= 11 is 0. The van der Waals surface area contributed by atoms with Gasteiger partial charge in [-0.1, -0.05) is 6.92 Å². The molecule has 0 bridgehead atoms. The van der Waals surface area contributed by atoms with E-state index in [1.54, 1.807) is 19.1 Å². The molecule has 1 aromatic heterocycles. The number of nitrogens with one attached hydrogen (secondary N) is 4. The number of rotatable bonds is 9. The van der Waals surface area contributed by atoms with Crippen molar-refractivity contribution in [2.45, 2.75) is 45.6 Å². The second-order valence-electron chi connectivity index (χ2n) is 7.87. The largest absolute Gasteiger partial charge is 0.361 e. The van der Waals surface area contributed by atoms with Gasteiger partial charge >= 0.3 is 6.03 Å². The number of amides is 3. The Bertz CT molecular complexity index is 978. The van der Waals surface area contributed by atoms with Crippen LogP contribution in [0.15, 0.2) is 29.4 Å². The molecule has 0 saturated carbocycles. The van der Waals surface area contributed by atoms with Gasteiger partial charge in [-0.05, 0) is 56.9 Å². The lowest BCUT2D eigenvalue weighted by Crippen LogP contribution is -2.43. The molecule has 10 heteroatoms. The van der Waals surface area contributed by atoms with Gasteiger partial charge in [0.05, 0.1) is 0 Å². The average molecular weight is 558 g/mol. The number of carbonyl (C=O) groups excluding carboxylic acids is 2. The second-order valence-corrected chi connectivity index (χ2v) is 7.87. The Kier molecular flexibility index (Phi) is 9.29. The van der Waals surface area contributed by atoms with E-state index >= 15 is 0 Å². The minimum atomic E-state index is -0.803. The van der Waals surface area contributed by atoms with Gasteiger partial charge in [0.1, 0.15) is 11.4 Å². The molecule has 2 aromatic rings. The first-order valence-corrected chi connectivity index (χ1v) is 10.8. The molecule has 0 aliphatic carbocycles. The van der Waals surface area contributed by atoms with Crippen molar-refractivity contribution in [2.75, 3.05) is 26.2 Å². The molecule has 176 valence electrons. The number of imide groups is 1. The van der Waals surface area contributed by atoms with Crippen LogP contribution in [0.5, 0.6) is 0 Å². The highest BCUT2D eigenvalue weighted by Gasteiger charge is 2.45. The van der Waals surface area contributed by atoms with E-state index < -0.39 is 5.54 Å². The topological polar surface area (TPSA) is 102 Å². The zero-order chi connectivity index (χ0) is 22.4. The summed E-state index contributed by atoms with van der Waals surface area (Å²) in [5.41, 5.74) is 1.15. The molecule has 2 heterocycles. The van der Waals surface area contributed by atoms with E-state index in [0.29, 0.717) is 51.4 Å². The lowest BCUT2D eigenvalue weighted by molar-refractivity contribution is -0.130. The molecule has 3 rings (SSSR count). The van der Waals surface area contributed by atoms with Crippen LogP contribution in [0.3, 0.4) is 0 Å². The van der Waals surface area contributed by atoms with E-state index in [1.807, 2.05) is 20.0 Å². The second kappa shape index (κ2) is 11.5. The number of fused-ring (bicyclic) bond motifs is 1. The van der Waals surface area contributed by atoms with Crippen molar-refractivity contribution in [3.63, 3.8) is 0 Å². The summed E-state index contributed by atoms with van der Waals surface area (Å²) in [5, 5.41) is 10.1. The van der Waals surface area contributed by atoms with Gasteiger partial charge in [-0.15, -0.1) is 24.0 Å². The Hall–Kier alpha value is -2.37. The molecule has 0 spiro atoms. The minimum Gasteiger partial charge on any atom is -0.361 e. The average Bonchev–Trinajstić information content (AvgIpc) is 3.24. The first-order valence-electron chi connectivity index (χ1n) is 10.8. The van der Waals surface area contributed by atoms with Crippen molar-refractivity contribution >= 4 is 52.8 Å². The highest BCUT2D eigenvalue weighted by atomic mass is 127. The fourth-order valence-electron chi connectivity index (χ4n) is 3.62. The molecule has 1 aliphatic heterocycles. The summed E-state index contributed by atoms with van der Waals surface area (Å²) < 4.78 is 13.5. The van der Waals surface area contributed by atoms with Crippen molar-refractivity contribution in [2.24, 2.45) is 4.99 Å². The molecular weight excluding hydrogens is 526 g/mol. The lowest BCUT2D eigenvalue weighted by Gasteiger charge is -2.19. The number of aliphatic imine (C=N–C) groups is 1. The summed E-state index contributed by atoms with van der Waals surface area (Å²) in [6.07, 6.45) is 3.75. The first-order chi connectivity index (χ1) is 14.9. The van der Waals surface area contributed by atoms with Crippen molar-refractivity contribution in [3.05, 3.63) is 35.8 Å². The molecular formula is C22H32FIN6O2. The zero-order valence-electron chi connectivity index (χ0n) is 18.8. The predicted octanol–water partition coefficient (Wildman–Crippen LogP) is 3.13. The van der Waals surface area contributed by atoms with Crippen molar-refractivity contribution < 1.29 is 14.0 Å². The Morgan fingerprint density at radius 3 is 2.72 bits per heavy atom. The molecule has 1 aromatic carbocycles. The van der Waals surface area contributed by atoms with Crippen LogP contribution in [0.2, 0.25) is 0 Å². The van der Waals surface area contributed by atoms with E-state index in [4.69, 9.17) is 0 Å². The maximum Gasteiger partial charge on any atom is 0.325 e. The van der Waals surface area contributed by atoms with E-state index in [0.717, 1.165) is 16.5 Å². The summed E-state index contributed by atoms with van der Waals surface area (Å²) in [5.74, 6) is 0.244. The van der Waals surface area contributed by atoms with Crippen LogP contribution < -0.4 is 16.0 Å².